The third kappa shape index (κ3) is 4.48. The minimum absolute atomic E-state index is 0.0436. The van der Waals surface area contributed by atoms with E-state index in [1.807, 2.05) is 24.3 Å². The van der Waals surface area contributed by atoms with Gasteiger partial charge < -0.3 is 10.6 Å². The quantitative estimate of drug-likeness (QED) is 0.450. The molecule has 1 unspecified atom stereocenters. The number of anilines is 2. The van der Waals surface area contributed by atoms with Gasteiger partial charge in [0.05, 0.1) is 10.6 Å². The van der Waals surface area contributed by atoms with E-state index < -0.39 is 10.7 Å². The zero-order valence-electron chi connectivity index (χ0n) is 13.4. The lowest BCUT2D eigenvalue weighted by molar-refractivity contribution is -0.384. The van der Waals surface area contributed by atoms with E-state index in [2.05, 4.69) is 24.5 Å². The predicted octanol–water partition coefficient (Wildman–Crippen LogP) is 5.06. The monoisotopic (exact) mass is 347 g/mol. The molecule has 0 radical (unpaired) electrons. The van der Waals surface area contributed by atoms with Crippen molar-refractivity contribution >= 4 is 34.4 Å². The first-order valence-corrected chi connectivity index (χ1v) is 7.93. The van der Waals surface area contributed by atoms with Gasteiger partial charge in [-0.15, -0.1) is 0 Å². The first-order valence-electron chi connectivity index (χ1n) is 7.52. The van der Waals surface area contributed by atoms with Crippen LogP contribution in [-0.4, -0.2) is 10.0 Å². The van der Waals surface area contributed by atoms with Crippen LogP contribution in [0.4, 0.5) is 21.5 Å². The van der Waals surface area contributed by atoms with E-state index in [1.54, 1.807) is 0 Å². The molecule has 0 saturated carbocycles. The van der Waals surface area contributed by atoms with Crippen molar-refractivity contribution in [3.63, 3.8) is 0 Å². The van der Waals surface area contributed by atoms with E-state index >= 15 is 0 Å². The van der Waals surface area contributed by atoms with Gasteiger partial charge in [-0.2, -0.15) is 0 Å². The molecule has 0 aromatic heterocycles. The molecule has 0 saturated heterocycles. The van der Waals surface area contributed by atoms with Gasteiger partial charge in [0, 0.05) is 17.8 Å². The van der Waals surface area contributed by atoms with Gasteiger partial charge in [0.1, 0.15) is 5.82 Å². The van der Waals surface area contributed by atoms with Gasteiger partial charge in [-0.1, -0.05) is 26.0 Å². The molecule has 0 aliphatic rings. The molecule has 5 nitrogen and oxygen atoms in total. The Kier molecular flexibility index (Phi) is 5.81. The second-order valence-electron chi connectivity index (χ2n) is 5.43. The number of thiocarbonyl (C=S) groups is 1. The normalized spacial score (nSPS) is 11.6. The van der Waals surface area contributed by atoms with E-state index in [1.165, 1.54) is 5.56 Å². The van der Waals surface area contributed by atoms with Crippen LogP contribution >= 0.6 is 12.2 Å². The Morgan fingerprint density at radius 2 is 1.92 bits per heavy atom. The van der Waals surface area contributed by atoms with Crippen LogP contribution in [-0.2, 0) is 0 Å². The zero-order chi connectivity index (χ0) is 17.7. The molecule has 2 aromatic carbocycles. The van der Waals surface area contributed by atoms with Crippen LogP contribution in [0.1, 0.15) is 31.7 Å². The number of rotatable bonds is 5. The molecule has 2 N–H and O–H groups in total. The molecule has 1 atom stereocenters. The number of nitrogens with one attached hydrogen (secondary N) is 2. The molecule has 0 spiro atoms. The Hall–Kier alpha value is -2.54. The van der Waals surface area contributed by atoms with E-state index in [4.69, 9.17) is 12.2 Å². The van der Waals surface area contributed by atoms with Crippen LogP contribution in [0.25, 0.3) is 0 Å². The zero-order valence-corrected chi connectivity index (χ0v) is 14.2. The highest BCUT2D eigenvalue weighted by Crippen LogP contribution is 2.23. The van der Waals surface area contributed by atoms with E-state index in [-0.39, 0.29) is 16.5 Å². The minimum Gasteiger partial charge on any atom is -0.332 e. The number of halogens is 1. The largest absolute Gasteiger partial charge is 0.332 e. The predicted molar refractivity (Wildman–Crippen MR) is 98.0 cm³/mol. The van der Waals surface area contributed by atoms with Crippen molar-refractivity contribution < 1.29 is 9.31 Å². The Balaban J connectivity index is 2.05. The fourth-order valence-electron chi connectivity index (χ4n) is 2.14. The summed E-state index contributed by atoms with van der Waals surface area (Å²) >= 11 is 5.14. The van der Waals surface area contributed by atoms with Crippen molar-refractivity contribution in [1.29, 1.82) is 0 Å². The second-order valence-corrected chi connectivity index (χ2v) is 5.84. The van der Waals surface area contributed by atoms with Gasteiger partial charge in [-0.25, -0.2) is 4.39 Å². The van der Waals surface area contributed by atoms with Gasteiger partial charge in [0.15, 0.2) is 5.11 Å². The molecule has 0 aliphatic heterocycles. The Bertz CT molecular complexity index is 750. The number of hydrogen-bond donors (Lipinski definition) is 2. The number of benzene rings is 2. The highest BCUT2D eigenvalue weighted by molar-refractivity contribution is 7.80. The van der Waals surface area contributed by atoms with Crippen LogP contribution in [0.5, 0.6) is 0 Å². The molecular formula is C17H18FN3O2S. The maximum atomic E-state index is 13.7. The van der Waals surface area contributed by atoms with Crippen molar-refractivity contribution in [3.05, 3.63) is 64.0 Å². The SMILES string of the molecule is CCC(C)c1ccc(NC(=S)Nc2cc([N+](=O)[O-])ccc2F)cc1. The molecule has 2 rings (SSSR count). The first-order chi connectivity index (χ1) is 11.4. The van der Waals surface area contributed by atoms with Crippen LogP contribution in [0, 0.1) is 15.9 Å². The van der Waals surface area contributed by atoms with E-state index in [0.29, 0.717) is 5.92 Å². The highest BCUT2D eigenvalue weighted by atomic mass is 32.1. The molecule has 0 heterocycles. The second kappa shape index (κ2) is 7.83. The van der Waals surface area contributed by atoms with Crippen LogP contribution in [0.2, 0.25) is 0 Å². The lowest BCUT2D eigenvalue weighted by atomic mass is 9.99. The maximum absolute atomic E-state index is 13.7. The fraction of sp³-hybridized carbons (Fsp3) is 0.235. The smallest absolute Gasteiger partial charge is 0.271 e. The average Bonchev–Trinajstić information content (AvgIpc) is 2.56. The minimum atomic E-state index is -0.614. The summed E-state index contributed by atoms with van der Waals surface area (Å²) in [5.74, 6) is -0.139. The molecular weight excluding hydrogens is 329 g/mol. The maximum Gasteiger partial charge on any atom is 0.271 e. The summed E-state index contributed by atoms with van der Waals surface area (Å²) < 4.78 is 13.7. The summed E-state index contributed by atoms with van der Waals surface area (Å²) in [5.41, 5.74) is 1.73. The van der Waals surface area contributed by atoms with Crippen LogP contribution in [0.15, 0.2) is 42.5 Å². The Labute approximate surface area is 145 Å². The van der Waals surface area contributed by atoms with Gasteiger partial charge in [-0.05, 0) is 48.3 Å². The first kappa shape index (κ1) is 17.8. The van der Waals surface area contributed by atoms with Crippen molar-refractivity contribution in [2.45, 2.75) is 26.2 Å². The number of nitro groups is 1. The summed E-state index contributed by atoms with van der Waals surface area (Å²) in [5, 5.41) is 16.5. The lowest BCUT2D eigenvalue weighted by Crippen LogP contribution is -2.19. The number of hydrogen-bond acceptors (Lipinski definition) is 3. The van der Waals surface area contributed by atoms with E-state index in [0.717, 1.165) is 30.3 Å². The molecule has 2 aromatic rings. The molecule has 126 valence electrons. The van der Waals surface area contributed by atoms with Crippen molar-refractivity contribution in [1.82, 2.24) is 0 Å². The molecule has 0 aliphatic carbocycles. The summed E-state index contributed by atoms with van der Waals surface area (Å²) in [6.07, 6.45) is 1.05. The summed E-state index contributed by atoms with van der Waals surface area (Å²) in [4.78, 5) is 10.2. The Morgan fingerprint density at radius 3 is 2.50 bits per heavy atom. The third-order valence-corrected chi connectivity index (χ3v) is 3.96. The summed E-state index contributed by atoms with van der Waals surface area (Å²) in [6.45, 7) is 4.28. The average molecular weight is 347 g/mol. The molecule has 24 heavy (non-hydrogen) atoms. The number of nitro benzene ring substituents is 1. The third-order valence-electron chi connectivity index (χ3n) is 3.76. The standard InChI is InChI=1S/C17H18FN3O2S/c1-3-11(2)12-4-6-13(7-5-12)19-17(24)20-16-10-14(21(22)23)8-9-15(16)18/h4-11H,3H2,1-2H3,(H2,19,20,24). The van der Waals surface area contributed by atoms with E-state index in [9.17, 15) is 14.5 Å². The van der Waals surface area contributed by atoms with Gasteiger partial charge in [0.2, 0.25) is 0 Å². The highest BCUT2D eigenvalue weighted by Gasteiger charge is 2.12. The van der Waals surface area contributed by atoms with Crippen LogP contribution in [0.3, 0.4) is 0 Å². The summed E-state index contributed by atoms with van der Waals surface area (Å²) in [7, 11) is 0. The molecule has 7 heteroatoms. The number of nitrogens with zero attached hydrogens (tertiary/aromatic N) is 1. The topological polar surface area (TPSA) is 67.2 Å². The summed E-state index contributed by atoms with van der Waals surface area (Å²) in [6, 6.07) is 11.0. The van der Waals surface area contributed by atoms with Crippen molar-refractivity contribution in [3.8, 4) is 0 Å². The number of non-ortho nitro benzene ring substituents is 1. The Morgan fingerprint density at radius 1 is 1.25 bits per heavy atom. The molecule has 0 bridgehead atoms. The van der Waals surface area contributed by atoms with Crippen molar-refractivity contribution in [2.24, 2.45) is 0 Å². The molecule has 0 amide bonds. The van der Waals surface area contributed by atoms with Crippen LogP contribution < -0.4 is 10.6 Å². The lowest BCUT2D eigenvalue weighted by Gasteiger charge is -2.13. The van der Waals surface area contributed by atoms with Gasteiger partial charge in [0.25, 0.3) is 5.69 Å². The fourth-order valence-corrected chi connectivity index (χ4v) is 2.37. The van der Waals surface area contributed by atoms with Crippen molar-refractivity contribution in [2.75, 3.05) is 10.6 Å². The van der Waals surface area contributed by atoms with Gasteiger partial charge >= 0.3 is 0 Å². The molecule has 0 fully saturated rings. The van der Waals surface area contributed by atoms with Gasteiger partial charge in [-0.3, -0.25) is 10.1 Å².